The molecule has 3 N–H and O–H groups in total. The summed E-state index contributed by atoms with van der Waals surface area (Å²) in [4.78, 5) is 21.9. The van der Waals surface area contributed by atoms with Gasteiger partial charge in [-0.05, 0) is 0 Å². The Balaban J connectivity index is 0.00000172. The number of imide groups is 1. The van der Waals surface area contributed by atoms with Gasteiger partial charge < -0.3 is 19.8 Å². The molecule has 0 aromatic carbocycles. The van der Waals surface area contributed by atoms with Crippen LogP contribution in [0, 0.1) is 0 Å². The van der Waals surface area contributed by atoms with Crippen molar-refractivity contribution in [2.24, 2.45) is 0 Å². The van der Waals surface area contributed by atoms with Gasteiger partial charge in [-0.25, -0.2) is 4.39 Å². The monoisotopic (exact) mass is 296 g/mol. The molecule has 116 valence electrons. The topological polar surface area (TPSA) is 99.1 Å². The molecule has 0 saturated carbocycles. The number of halogens is 2. The Hall–Kier alpha value is -1.58. The molecule has 1 fully saturated rings. The molecule has 1 rings (SSSR count). The van der Waals surface area contributed by atoms with Gasteiger partial charge in [-0.15, -0.1) is 0 Å². The maximum atomic E-state index is 13.5. The summed E-state index contributed by atoms with van der Waals surface area (Å²) < 4.78 is 31.8. The predicted octanol–water partition coefficient (Wildman–Crippen LogP) is -0.944. The summed E-state index contributed by atoms with van der Waals surface area (Å²) in [6.45, 7) is -0.331. The molecule has 3 atom stereocenters. The Labute approximate surface area is 114 Å². The normalized spacial score (nSPS) is 25.5. The fourth-order valence-electron chi connectivity index (χ4n) is 1.61. The average Bonchev–Trinajstić information content (AvgIpc) is 2.82. The SMILES string of the molecule is CN(/C=C(/F)C(=O)NC=O)C1OC(CO)CC1F.CO. The van der Waals surface area contributed by atoms with E-state index in [-0.39, 0.29) is 19.4 Å². The fourth-order valence-corrected chi connectivity index (χ4v) is 1.61. The number of aliphatic hydroxyl groups is 2. The first-order valence-corrected chi connectivity index (χ1v) is 5.68. The molecule has 0 bridgehead atoms. The number of amides is 2. The third-order valence-corrected chi connectivity index (χ3v) is 2.46. The van der Waals surface area contributed by atoms with Crippen molar-refractivity contribution in [1.29, 1.82) is 0 Å². The lowest BCUT2D eigenvalue weighted by Crippen LogP contribution is -2.34. The van der Waals surface area contributed by atoms with Crippen LogP contribution in [0.5, 0.6) is 0 Å². The second kappa shape index (κ2) is 9.34. The Morgan fingerprint density at radius 2 is 2.15 bits per heavy atom. The maximum Gasteiger partial charge on any atom is 0.287 e. The van der Waals surface area contributed by atoms with E-state index in [1.54, 1.807) is 5.32 Å². The third kappa shape index (κ3) is 5.19. The lowest BCUT2D eigenvalue weighted by Gasteiger charge is -2.23. The number of carbonyl (C=O) groups is 2. The van der Waals surface area contributed by atoms with Crippen molar-refractivity contribution in [1.82, 2.24) is 10.2 Å². The maximum absolute atomic E-state index is 13.5. The highest BCUT2D eigenvalue weighted by molar-refractivity contribution is 5.97. The zero-order valence-electron chi connectivity index (χ0n) is 11.1. The van der Waals surface area contributed by atoms with E-state index >= 15 is 0 Å². The molecule has 1 aliphatic heterocycles. The van der Waals surface area contributed by atoms with Gasteiger partial charge in [0.2, 0.25) is 12.2 Å². The minimum Gasteiger partial charge on any atom is -0.400 e. The van der Waals surface area contributed by atoms with E-state index in [1.807, 2.05) is 0 Å². The summed E-state index contributed by atoms with van der Waals surface area (Å²) in [5, 5.41) is 17.4. The Morgan fingerprint density at radius 3 is 2.60 bits per heavy atom. The van der Waals surface area contributed by atoms with Crippen LogP contribution in [0.4, 0.5) is 8.78 Å². The van der Waals surface area contributed by atoms with Crippen LogP contribution in [0.25, 0.3) is 0 Å². The molecule has 7 nitrogen and oxygen atoms in total. The molecule has 0 aromatic rings. The smallest absolute Gasteiger partial charge is 0.287 e. The summed E-state index contributed by atoms with van der Waals surface area (Å²) >= 11 is 0. The largest absolute Gasteiger partial charge is 0.400 e. The first-order chi connectivity index (χ1) is 9.49. The van der Waals surface area contributed by atoms with E-state index in [0.29, 0.717) is 0 Å². The summed E-state index contributed by atoms with van der Waals surface area (Å²) in [6, 6.07) is 0. The van der Waals surface area contributed by atoms with Gasteiger partial charge in [-0.3, -0.25) is 14.9 Å². The van der Waals surface area contributed by atoms with Crippen LogP contribution in [0.15, 0.2) is 12.0 Å². The highest BCUT2D eigenvalue weighted by atomic mass is 19.1. The zero-order valence-corrected chi connectivity index (χ0v) is 11.1. The summed E-state index contributed by atoms with van der Waals surface area (Å²) in [7, 11) is 2.32. The number of alkyl halides is 1. The van der Waals surface area contributed by atoms with Crippen molar-refractivity contribution in [3.63, 3.8) is 0 Å². The van der Waals surface area contributed by atoms with Crippen LogP contribution >= 0.6 is 0 Å². The quantitative estimate of drug-likeness (QED) is 0.447. The summed E-state index contributed by atoms with van der Waals surface area (Å²) in [5.41, 5.74) is 0. The van der Waals surface area contributed by atoms with Crippen molar-refractivity contribution in [3.8, 4) is 0 Å². The first kappa shape index (κ1) is 18.4. The minimum absolute atomic E-state index is 0.00149. The van der Waals surface area contributed by atoms with E-state index in [2.05, 4.69) is 0 Å². The molecular weight excluding hydrogens is 278 g/mol. The van der Waals surface area contributed by atoms with Crippen LogP contribution in [0.2, 0.25) is 0 Å². The van der Waals surface area contributed by atoms with E-state index in [4.69, 9.17) is 14.9 Å². The predicted molar refractivity (Wildman–Crippen MR) is 64.6 cm³/mol. The number of nitrogens with zero attached hydrogens (tertiary/aromatic N) is 1. The van der Waals surface area contributed by atoms with Crippen LogP contribution in [0.1, 0.15) is 6.42 Å². The van der Waals surface area contributed by atoms with Crippen molar-refractivity contribution in [2.75, 3.05) is 20.8 Å². The van der Waals surface area contributed by atoms with Crippen LogP contribution in [-0.4, -0.2) is 66.7 Å². The minimum atomic E-state index is -1.40. The van der Waals surface area contributed by atoms with Crippen molar-refractivity contribution < 1.29 is 33.3 Å². The van der Waals surface area contributed by atoms with Crippen LogP contribution in [-0.2, 0) is 14.3 Å². The molecule has 1 aliphatic rings. The molecule has 1 heterocycles. The molecule has 9 heteroatoms. The number of hydrogen-bond acceptors (Lipinski definition) is 6. The standard InChI is InChI=1S/C10H14F2N2O4.CH4O/c1-14(3-8(12)9(17)13-5-16)10-7(11)2-6(4-15)18-10;1-2/h3,5-7,10,15H,2,4H2,1H3,(H,13,16,17);2H,1H3/b8-3+;. The van der Waals surface area contributed by atoms with Gasteiger partial charge in [0.1, 0.15) is 6.17 Å². The number of ether oxygens (including phenoxy) is 1. The van der Waals surface area contributed by atoms with Crippen molar-refractivity contribution >= 4 is 12.3 Å². The van der Waals surface area contributed by atoms with E-state index in [1.165, 1.54) is 7.05 Å². The molecule has 2 amide bonds. The molecule has 20 heavy (non-hydrogen) atoms. The highest BCUT2D eigenvalue weighted by Crippen LogP contribution is 2.25. The van der Waals surface area contributed by atoms with Crippen molar-refractivity contribution in [3.05, 3.63) is 12.0 Å². The molecule has 0 radical (unpaired) electrons. The van der Waals surface area contributed by atoms with Gasteiger partial charge in [0.05, 0.1) is 12.7 Å². The van der Waals surface area contributed by atoms with Gasteiger partial charge in [-0.2, -0.15) is 4.39 Å². The highest BCUT2D eigenvalue weighted by Gasteiger charge is 2.37. The van der Waals surface area contributed by atoms with E-state index < -0.39 is 30.2 Å². The number of nitrogens with one attached hydrogen (secondary N) is 1. The molecule has 3 unspecified atom stereocenters. The lowest BCUT2D eigenvalue weighted by atomic mass is 10.2. The summed E-state index contributed by atoms with van der Waals surface area (Å²) in [6.07, 6.45) is -2.34. The average molecular weight is 296 g/mol. The Morgan fingerprint density at radius 1 is 1.55 bits per heavy atom. The second-order valence-corrected chi connectivity index (χ2v) is 3.82. The van der Waals surface area contributed by atoms with Crippen LogP contribution < -0.4 is 5.32 Å². The van der Waals surface area contributed by atoms with E-state index in [9.17, 15) is 18.4 Å². The number of rotatable bonds is 5. The van der Waals surface area contributed by atoms with Gasteiger partial charge in [0, 0.05) is 26.8 Å². The van der Waals surface area contributed by atoms with Crippen molar-refractivity contribution in [2.45, 2.75) is 24.9 Å². The molecule has 0 spiro atoms. The molecule has 0 aromatic heterocycles. The number of carbonyl (C=O) groups excluding carboxylic acids is 2. The second-order valence-electron chi connectivity index (χ2n) is 3.82. The summed E-state index contributed by atoms with van der Waals surface area (Å²) in [5.74, 6) is -2.46. The number of hydrogen-bond donors (Lipinski definition) is 3. The van der Waals surface area contributed by atoms with Gasteiger partial charge in [-0.1, -0.05) is 0 Å². The Kier molecular flexibility index (Phi) is 8.61. The molecular formula is C11H18F2N2O5. The first-order valence-electron chi connectivity index (χ1n) is 5.68. The fraction of sp³-hybridized carbons (Fsp3) is 0.636. The van der Waals surface area contributed by atoms with Gasteiger partial charge in [0.25, 0.3) is 5.91 Å². The number of aliphatic hydroxyl groups excluding tert-OH is 2. The molecule has 1 saturated heterocycles. The van der Waals surface area contributed by atoms with Crippen LogP contribution in [0.3, 0.4) is 0 Å². The zero-order chi connectivity index (χ0) is 15.7. The van der Waals surface area contributed by atoms with E-state index in [0.717, 1.165) is 18.2 Å². The van der Waals surface area contributed by atoms with Gasteiger partial charge >= 0.3 is 0 Å². The third-order valence-electron chi connectivity index (χ3n) is 2.46. The molecule has 0 aliphatic carbocycles. The lowest BCUT2D eigenvalue weighted by molar-refractivity contribution is -0.123. The Bertz CT molecular complexity index is 354. The van der Waals surface area contributed by atoms with Gasteiger partial charge in [0.15, 0.2) is 6.23 Å².